The van der Waals surface area contributed by atoms with Gasteiger partial charge < -0.3 is 14.2 Å². The SMILES string of the molecule is CCCCCCCCOc1ccc(OC)c(OC)c1. The smallest absolute Gasteiger partial charge is 0.164 e. The minimum Gasteiger partial charge on any atom is -0.493 e. The van der Waals surface area contributed by atoms with Crippen molar-refractivity contribution in [3.05, 3.63) is 18.2 Å². The van der Waals surface area contributed by atoms with Crippen LogP contribution in [0.4, 0.5) is 0 Å². The van der Waals surface area contributed by atoms with Crippen LogP contribution < -0.4 is 14.2 Å². The summed E-state index contributed by atoms with van der Waals surface area (Å²) in [7, 11) is 3.27. The van der Waals surface area contributed by atoms with Crippen LogP contribution in [-0.4, -0.2) is 20.8 Å². The predicted octanol–water partition coefficient (Wildman–Crippen LogP) is 4.44. The molecule has 0 fully saturated rings. The van der Waals surface area contributed by atoms with Gasteiger partial charge in [0.2, 0.25) is 0 Å². The quantitative estimate of drug-likeness (QED) is 0.586. The van der Waals surface area contributed by atoms with E-state index in [4.69, 9.17) is 14.2 Å². The summed E-state index contributed by atoms with van der Waals surface area (Å²) in [6, 6.07) is 5.66. The lowest BCUT2D eigenvalue weighted by Gasteiger charge is -2.10. The largest absolute Gasteiger partial charge is 0.493 e. The number of hydrogen-bond acceptors (Lipinski definition) is 3. The summed E-state index contributed by atoms with van der Waals surface area (Å²) >= 11 is 0. The van der Waals surface area contributed by atoms with E-state index in [0.717, 1.165) is 24.5 Å². The fraction of sp³-hybridized carbons (Fsp3) is 0.625. The Hall–Kier alpha value is -1.38. The summed E-state index contributed by atoms with van der Waals surface area (Å²) in [5.41, 5.74) is 0. The molecule has 0 amide bonds. The number of hydrogen-bond donors (Lipinski definition) is 0. The molecule has 0 aliphatic rings. The fourth-order valence-corrected chi connectivity index (χ4v) is 1.98. The van der Waals surface area contributed by atoms with Gasteiger partial charge in [-0.05, 0) is 18.6 Å². The molecule has 1 rings (SSSR count). The summed E-state index contributed by atoms with van der Waals surface area (Å²) in [5.74, 6) is 2.28. The first-order valence-electron chi connectivity index (χ1n) is 7.16. The Morgan fingerprint density at radius 3 is 2.21 bits per heavy atom. The van der Waals surface area contributed by atoms with Gasteiger partial charge in [-0.15, -0.1) is 0 Å². The molecule has 0 unspecified atom stereocenters. The van der Waals surface area contributed by atoms with Crippen molar-refractivity contribution >= 4 is 0 Å². The summed E-state index contributed by atoms with van der Waals surface area (Å²) < 4.78 is 16.2. The Morgan fingerprint density at radius 1 is 0.842 bits per heavy atom. The van der Waals surface area contributed by atoms with E-state index in [9.17, 15) is 0 Å². The normalized spacial score (nSPS) is 10.3. The van der Waals surface area contributed by atoms with E-state index in [0.29, 0.717) is 5.75 Å². The van der Waals surface area contributed by atoms with Gasteiger partial charge in [-0.3, -0.25) is 0 Å². The van der Waals surface area contributed by atoms with Crippen LogP contribution >= 0.6 is 0 Å². The highest BCUT2D eigenvalue weighted by Gasteiger charge is 2.04. The molecule has 0 radical (unpaired) electrons. The molecule has 19 heavy (non-hydrogen) atoms. The van der Waals surface area contributed by atoms with Gasteiger partial charge in [-0.25, -0.2) is 0 Å². The van der Waals surface area contributed by atoms with Gasteiger partial charge in [0.25, 0.3) is 0 Å². The Morgan fingerprint density at radius 2 is 1.53 bits per heavy atom. The van der Waals surface area contributed by atoms with Crippen molar-refractivity contribution in [2.75, 3.05) is 20.8 Å². The lowest BCUT2D eigenvalue weighted by molar-refractivity contribution is 0.299. The van der Waals surface area contributed by atoms with E-state index in [-0.39, 0.29) is 0 Å². The molecule has 0 aliphatic heterocycles. The van der Waals surface area contributed by atoms with Crippen molar-refractivity contribution in [3.63, 3.8) is 0 Å². The van der Waals surface area contributed by atoms with E-state index in [1.54, 1.807) is 14.2 Å². The third kappa shape index (κ3) is 5.86. The first-order valence-corrected chi connectivity index (χ1v) is 7.16. The van der Waals surface area contributed by atoms with Crippen molar-refractivity contribution in [3.8, 4) is 17.2 Å². The second kappa shape index (κ2) is 9.54. The maximum absolute atomic E-state index is 5.72. The van der Waals surface area contributed by atoms with Gasteiger partial charge >= 0.3 is 0 Å². The molecule has 1 aromatic rings. The Bertz CT molecular complexity index is 350. The summed E-state index contributed by atoms with van der Waals surface area (Å²) in [6.45, 7) is 3.00. The molecule has 0 saturated carbocycles. The molecule has 0 N–H and O–H groups in total. The first-order chi connectivity index (χ1) is 9.31. The summed E-state index contributed by atoms with van der Waals surface area (Å²) in [5, 5.41) is 0. The van der Waals surface area contributed by atoms with E-state index in [1.165, 1.54) is 32.1 Å². The molecule has 0 atom stereocenters. The fourth-order valence-electron chi connectivity index (χ4n) is 1.98. The number of ether oxygens (including phenoxy) is 3. The highest BCUT2D eigenvalue weighted by atomic mass is 16.5. The maximum Gasteiger partial charge on any atom is 0.164 e. The van der Waals surface area contributed by atoms with Gasteiger partial charge in [0.05, 0.1) is 20.8 Å². The van der Waals surface area contributed by atoms with Crippen LogP contribution in [-0.2, 0) is 0 Å². The van der Waals surface area contributed by atoms with Crippen LogP contribution in [0.2, 0.25) is 0 Å². The zero-order valence-corrected chi connectivity index (χ0v) is 12.4. The molecular formula is C16H26O3. The molecule has 0 bridgehead atoms. The number of methoxy groups -OCH3 is 2. The molecule has 3 heteroatoms. The van der Waals surface area contributed by atoms with E-state index < -0.39 is 0 Å². The van der Waals surface area contributed by atoms with Crippen LogP contribution in [0.25, 0.3) is 0 Å². The van der Waals surface area contributed by atoms with Gasteiger partial charge in [0.1, 0.15) is 5.75 Å². The van der Waals surface area contributed by atoms with Gasteiger partial charge in [-0.2, -0.15) is 0 Å². The predicted molar refractivity (Wildman–Crippen MR) is 78.4 cm³/mol. The molecule has 108 valence electrons. The van der Waals surface area contributed by atoms with E-state index in [1.807, 2.05) is 18.2 Å². The van der Waals surface area contributed by atoms with Gasteiger partial charge in [0, 0.05) is 6.07 Å². The minimum absolute atomic E-state index is 0.711. The Balaban J connectivity index is 2.26. The molecule has 3 nitrogen and oxygen atoms in total. The highest BCUT2D eigenvalue weighted by Crippen LogP contribution is 2.30. The van der Waals surface area contributed by atoms with Crippen LogP contribution in [0.1, 0.15) is 45.4 Å². The third-order valence-corrected chi connectivity index (χ3v) is 3.12. The zero-order valence-electron chi connectivity index (χ0n) is 12.4. The van der Waals surface area contributed by atoms with Crippen molar-refractivity contribution in [2.24, 2.45) is 0 Å². The lowest BCUT2D eigenvalue weighted by Crippen LogP contribution is -1.98. The van der Waals surface area contributed by atoms with Crippen molar-refractivity contribution in [2.45, 2.75) is 45.4 Å². The van der Waals surface area contributed by atoms with Gasteiger partial charge in [0.15, 0.2) is 11.5 Å². The number of benzene rings is 1. The average Bonchev–Trinajstić information content (AvgIpc) is 2.46. The number of rotatable bonds is 10. The molecule has 0 aromatic heterocycles. The van der Waals surface area contributed by atoms with Crippen LogP contribution in [0.15, 0.2) is 18.2 Å². The average molecular weight is 266 g/mol. The molecular weight excluding hydrogens is 240 g/mol. The molecule has 1 aromatic carbocycles. The summed E-state index contributed by atoms with van der Waals surface area (Å²) in [6.07, 6.45) is 7.64. The van der Waals surface area contributed by atoms with Crippen LogP contribution in [0.3, 0.4) is 0 Å². The van der Waals surface area contributed by atoms with Crippen LogP contribution in [0.5, 0.6) is 17.2 Å². The second-order valence-electron chi connectivity index (χ2n) is 4.63. The third-order valence-electron chi connectivity index (χ3n) is 3.12. The van der Waals surface area contributed by atoms with E-state index >= 15 is 0 Å². The molecule has 0 saturated heterocycles. The lowest BCUT2D eigenvalue weighted by atomic mass is 10.1. The monoisotopic (exact) mass is 266 g/mol. The van der Waals surface area contributed by atoms with Gasteiger partial charge in [-0.1, -0.05) is 39.0 Å². The molecule has 0 aliphatic carbocycles. The second-order valence-corrected chi connectivity index (χ2v) is 4.63. The maximum atomic E-state index is 5.72. The topological polar surface area (TPSA) is 27.7 Å². The van der Waals surface area contributed by atoms with E-state index in [2.05, 4.69) is 6.92 Å². The number of unbranched alkanes of at least 4 members (excludes halogenated alkanes) is 5. The zero-order chi connectivity index (χ0) is 13.9. The Kier molecular flexibility index (Phi) is 7.87. The van der Waals surface area contributed by atoms with Crippen molar-refractivity contribution < 1.29 is 14.2 Å². The minimum atomic E-state index is 0.711. The highest BCUT2D eigenvalue weighted by molar-refractivity contribution is 5.45. The molecule has 0 heterocycles. The molecule has 0 spiro atoms. The van der Waals surface area contributed by atoms with Crippen molar-refractivity contribution in [1.82, 2.24) is 0 Å². The van der Waals surface area contributed by atoms with Crippen molar-refractivity contribution in [1.29, 1.82) is 0 Å². The Labute approximate surface area is 116 Å². The standard InChI is InChI=1S/C16H26O3/c1-4-5-6-7-8-9-12-19-14-10-11-15(17-2)16(13-14)18-3/h10-11,13H,4-9,12H2,1-3H3. The van der Waals surface area contributed by atoms with Crippen LogP contribution in [0, 0.1) is 0 Å². The summed E-state index contributed by atoms with van der Waals surface area (Å²) in [4.78, 5) is 0. The first kappa shape index (κ1) is 15.7.